The second-order valence-electron chi connectivity index (χ2n) is 3.03. The van der Waals surface area contributed by atoms with Gasteiger partial charge in [-0.3, -0.25) is 0 Å². The third-order valence-corrected chi connectivity index (χ3v) is 2.14. The van der Waals surface area contributed by atoms with Gasteiger partial charge >= 0.3 is 0 Å². The molecule has 1 fully saturated rings. The third-order valence-electron chi connectivity index (χ3n) is 2.14. The molecule has 1 aliphatic heterocycles. The molecule has 1 heterocycles. The van der Waals surface area contributed by atoms with Gasteiger partial charge in [0.25, 0.3) is 0 Å². The Kier molecular flexibility index (Phi) is 2.52. The fourth-order valence-corrected chi connectivity index (χ4v) is 1.50. The van der Waals surface area contributed by atoms with Crippen LogP contribution in [0.25, 0.3) is 0 Å². The zero-order valence-electron chi connectivity index (χ0n) is 6.19. The third kappa shape index (κ3) is 1.98. The first-order valence-electron chi connectivity index (χ1n) is 3.85. The summed E-state index contributed by atoms with van der Waals surface area (Å²) < 4.78 is 0. The fraction of sp³-hybridized carbons (Fsp3) is 0.875. The highest BCUT2D eigenvalue weighted by Gasteiger charge is 2.15. The van der Waals surface area contributed by atoms with Gasteiger partial charge in [0, 0.05) is 6.04 Å². The van der Waals surface area contributed by atoms with Crippen LogP contribution >= 0.6 is 0 Å². The maximum atomic E-state index is 3.92. The van der Waals surface area contributed by atoms with Gasteiger partial charge in [0.05, 0.1) is 0 Å². The van der Waals surface area contributed by atoms with Gasteiger partial charge in [-0.25, -0.2) is 0 Å². The molecule has 0 amide bonds. The molecule has 1 aliphatic rings. The lowest BCUT2D eigenvalue weighted by atomic mass is 9.91. The van der Waals surface area contributed by atoms with Gasteiger partial charge in [-0.1, -0.05) is 13.3 Å². The largest absolute Gasteiger partial charge is 0.314 e. The standard InChI is InChI=1S/C8H16N/c1-3-8-4-5-9-7(2)6-8/h7-9H,1,3-6H2,2H3. The zero-order chi connectivity index (χ0) is 6.69. The second-order valence-corrected chi connectivity index (χ2v) is 3.03. The molecule has 0 aromatic heterocycles. The summed E-state index contributed by atoms with van der Waals surface area (Å²) in [6.45, 7) is 7.36. The molecular weight excluding hydrogens is 110 g/mol. The number of rotatable bonds is 1. The zero-order valence-corrected chi connectivity index (χ0v) is 6.19. The molecule has 0 aliphatic carbocycles. The summed E-state index contributed by atoms with van der Waals surface area (Å²) in [5, 5.41) is 3.42. The SMILES string of the molecule is [CH2]CC1CCNC(C)C1. The molecule has 1 heteroatoms. The number of hydrogen-bond acceptors (Lipinski definition) is 1. The molecule has 2 atom stereocenters. The van der Waals surface area contributed by atoms with Crippen LogP contribution < -0.4 is 5.32 Å². The van der Waals surface area contributed by atoms with Gasteiger partial charge in [0.15, 0.2) is 0 Å². The van der Waals surface area contributed by atoms with Crippen molar-refractivity contribution in [3.05, 3.63) is 6.92 Å². The predicted octanol–water partition coefficient (Wildman–Crippen LogP) is 1.60. The molecule has 0 saturated carbocycles. The minimum absolute atomic E-state index is 0.727. The van der Waals surface area contributed by atoms with Crippen molar-refractivity contribution in [1.29, 1.82) is 0 Å². The van der Waals surface area contributed by atoms with Gasteiger partial charge in [-0.2, -0.15) is 0 Å². The molecule has 1 rings (SSSR count). The number of piperidine rings is 1. The van der Waals surface area contributed by atoms with E-state index < -0.39 is 0 Å². The quantitative estimate of drug-likeness (QED) is 0.562. The van der Waals surface area contributed by atoms with Crippen LogP contribution in [0.2, 0.25) is 0 Å². The highest BCUT2D eigenvalue weighted by atomic mass is 14.9. The summed E-state index contributed by atoms with van der Waals surface area (Å²) in [4.78, 5) is 0. The fourth-order valence-electron chi connectivity index (χ4n) is 1.50. The highest BCUT2D eigenvalue weighted by Crippen LogP contribution is 2.18. The summed E-state index contributed by atoms with van der Waals surface area (Å²) in [6.07, 6.45) is 3.77. The van der Waals surface area contributed by atoms with E-state index in [0.717, 1.165) is 18.4 Å². The van der Waals surface area contributed by atoms with Gasteiger partial charge in [-0.15, -0.1) is 0 Å². The molecule has 0 aromatic carbocycles. The Morgan fingerprint density at radius 1 is 1.67 bits per heavy atom. The maximum Gasteiger partial charge on any atom is 0.00413 e. The molecule has 0 bridgehead atoms. The first kappa shape index (κ1) is 7.07. The summed E-state index contributed by atoms with van der Waals surface area (Å²) in [5.74, 6) is 0.890. The molecule has 1 nitrogen and oxygen atoms in total. The highest BCUT2D eigenvalue weighted by molar-refractivity contribution is 4.75. The first-order chi connectivity index (χ1) is 4.33. The van der Waals surface area contributed by atoms with Gasteiger partial charge in [-0.05, 0) is 32.2 Å². The van der Waals surface area contributed by atoms with Gasteiger partial charge < -0.3 is 5.32 Å². The molecule has 0 aromatic rings. The van der Waals surface area contributed by atoms with E-state index >= 15 is 0 Å². The smallest absolute Gasteiger partial charge is 0.00413 e. The molecule has 0 spiro atoms. The summed E-state index contributed by atoms with van der Waals surface area (Å²) >= 11 is 0. The van der Waals surface area contributed by atoms with E-state index in [4.69, 9.17) is 0 Å². The lowest BCUT2D eigenvalue weighted by Crippen LogP contribution is -2.35. The molecule has 53 valence electrons. The summed E-state index contributed by atoms with van der Waals surface area (Å²) in [6, 6.07) is 0.727. The summed E-state index contributed by atoms with van der Waals surface area (Å²) in [5.41, 5.74) is 0. The van der Waals surface area contributed by atoms with Crippen molar-refractivity contribution >= 4 is 0 Å². The van der Waals surface area contributed by atoms with E-state index in [1.807, 2.05) is 0 Å². The van der Waals surface area contributed by atoms with Crippen LogP contribution in [0.1, 0.15) is 26.2 Å². The van der Waals surface area contributed by atoms with E-state index in [1.165, 1.54) is 19.4 Å². The average Bonchev–Trinajstić information content (AvgIpc) is 1.88. The molecular formula is C8H16N. The Bertz CT molecular complexity index is 80.6. The van der Waals surface area contributed by atoms with Crippen molar-refractivity contribution in [2.75, 3.05) is 6.54 Å². The van der Waals surface area contributed by atoms with Crippen LogP contribution in [0.4, 0.5) is 0 Å². The number of hydrogen-bond donors (Lipinski definition) is 1. The Morgan fingerprint density at radius 3 is 2.89 bits per heavy atom. The molecule has 1 saturated heterocycles. The average molecular weight is 126 g/mol. The van der Waals surface area contributed by atoms with Crippen molar-refractivity contribution in [3.8, 4) is 0 Å². The molecule has 9 heavy (non-hydrogen) atoms. The topological polar surface area (TPSA) is 12.0 Å². The van der Waals surface area contributed by atoms with Crippen LogP contribution in [-0.2, 0) is 0 Å². The number of nitrogens with one attached hydrogen (secondary N) is 1. The van der Waals surface area contributed by atoms with Crippen molar-refractivity contribution < 1.29 is 0 Å². The maximum absolute atomic E-state index is 3.92. The van der Waals surface area contributed by atoms with Gasteiger partial charge in [0.2, 0.25) is 0 Å². The molecule has 1 N–H and O–H groups in total. The van der Waals surface area contributed by atoms with Crippen molar-refractivity contribution in [1.82, 2.24) is 5.32 Å². The van der Waals surface area contributed by atoms with E-state index in [0.29, 0.717) is 0 Å². The Labute approximate surface area is 57.8 Å². The Balaban J connectivity index is 2.23. The van der Waals surface area contributed by atoms with Crippen molar-refractivity contribution in [3.63, 3.8) is 0 Å². The molecule has 1 radical (unpaired) electrons. The minimum atomic E-state index is 0.727. The Morgan fingerprint density at radius 2 is 2.44 bits per heavy atom. The lowest BCUT2D eigenvalue weighted by Gasteiger charge is -2.26. The van der Waals surface area contributed by atoms with Crippen LogP contribution in [0, 0.1) is 12.8 Å². The van der Waals surface area contributed by atoms with E-state index in [2.05, 4.69) is 19.2 Å². The normalized spacial score (nSPS) is 36.7. The van der Waals surface area contributed by atoms with E-state index in [-0.39, 0.29) is 0 Å². The summed E-state index contributed by atoms with van der Waals surface area (Å²) in [7, 11) is 0. The monoisotopic (exact) mass is 126 g/mol. The minimum Gasteiger partial charge on any atom is -0.314 e. The lowest BCUT2D eigenvalue weighted by molar-refractivity contribution is 0.317. The van der Waals surface area contributed by atoms with Crippen LogP contribution in [-0.4, -0.2) is 12.6 Å². The first-order valence-corrected chi connectivity index (χ1v) is 3.85. The van der Waals surface area contributed by atoms with Crippen LogP contribution in [0.15, 0.2) is 0 Å². The van der Waals surface area contributed by atoms with Crippen molar-refractivity contribution in [2.24, 2.45) is 5.92 Å². The van der Waals surface area contributed by atoms with Crippen LogP contribution in [0.3, 0.4) is 0 Å². The Hall–Kier alpha value is -0.0400. The second kappa shape index (κ2) is 3.21. The van der Waals surface area contributed by atoms with E-state index in [1.54, 1.807) is 0 Å². The van der Waals surface area contributed by atoms with Crippen LogP contribution in [0.5, 0.6) is 0 Å². The predicted molar refractivity (Wildman–Crippen MR) is 40.2 cm³/mol. The van der Waals surface area contributed by atoms with Crippen molar-refractivity contribution in [2.45, 2.75) is 32.2 Å². The van der Waals surface area contributed by atoms with E-state index in [9.17, 15) is 0 Å². The van der Waals surface area contributed by atoms with Gasteiger partial charge in [0.1, 0.15) is 0 Å². The molecule has 2 unspecified atom stereocenters.